The molecule has 19 heavy (non-hydrogen) atoms. The number of ether oxygens (including phenoxy) is 1. The second kappa shape index (κ2) is 8.81. The van der Waals surface area contributed by atoms with Crippen LogP contribution in [0.25, 0.3) is 0 Å². The van der Waals surface area contributed by atoms with E-state index in [-0.39, 0.29) is 0 Å². The quantitative estimate of drug-likeness (QED) is 0.692. The van der Waals surface area contributed by atoms with Crippen LogP contribution in [0.4, 0.5) is 5.69 Å². The molecule has 0 radical (unpaired) electrons. The summed E-state index contributed by atoms with van der Waals surface area (Å²) in [4.78, 5) is 2.27. The Labute approximate surface area is 118 Å². The number of nitrogens with zero attached hydrogens (tertiary/aromatic N) is 1. The van der Waals surface area contributed by atoms with Crippen molar-refractivity contribution in [3.8, 4) is 5.75 Å². The molecule has 0 aromatic heterocycles. The first kappa shape index (κ1) is 15.8. The van der Waals surface area contributed by atoms with E-state index in [1.54, 1.807) is 7.11 Å². The topological polar surface area (TPSA) is 24.5 Å². The van der Waals surface area contributed by atoms with Gasteiger partial charge in [-0.25, -0.2) is 0 Å². The SMILES string of the molecule is CCCCN(C)c1ccc(CNCCC)cc1OC. The molecule has 1 aromatic rings. The molecule has 108 valence electrons. The van der Waals surface area contributed by atoms with Crippen molar-refractivity contribution in [3.63, 3.8) is 0 Å². The summed E-state index contributed by atoms with van der Waals surface area (Å²) in [5.74, 6) is 0.967. The summed E-state index contributed by atoms with van der Waals surface area (Å²) in [6, 6.07) is 6.49. The number of unbranched alkanes of at least 4 members (excludes halogenated alkanes) is 1. The average molecular weight is 264 g/mol. The van der Waals surface area contributed by atoms with Gasteiger partial charge in [0.05, 0.1) is 12.8 Å². The van der Waals surface area contributed by atoms with E-state index in [0.717, 1.165) is 31.8 Å². The zero-order chi connectivity index (χ0) is 14.1. The molecule has 0 aliphatic rings. The molecule has 0 unspecified atom stereocenters. The van der Waals surface area contributed by atoms with Crippen LogP contribution in [0, 0.1) is 0 Å². The molecule has 0 amide bonds. The first-order valence-corrected chi connectivity index (χ1v) is 7.31. The van der Waals surface area contributed by atoms with Crippen LogP contribution in [0.15, 0.2) is 18.2 Å². The fraction of sp³-hybridized carbons (Fsp3) is 0.625. The zero-order valence-electron chi connectivity index (χ0n) is 12.8. The lowest BCUT2D eigenvalue weighted by Gasteiger charge is -2.22. The second-order valence-electron chi connectivity index (χ2n) is 4.96. The van der Waals surface area contributed by atoms with Crippen LogP contribution in [0.2, 0.25) is 0 Å². The van der Waals surface area contributed by atoms with E-state index in [9.17, 15) is 0 Å². The highest BCUT2D eigenvalue weighted by molar-refractivity contribution is 5.59. The van der Waals surface area contributed by atoms with Gasteiger partial charge >= 0.3 is 0 Å². The lowest BCUT2D eigenvalue weighted by Crippen LogP contribution is -2.19. The van der Waals surface area contributed by atoms with Gasteiger partial charge in [-0.05, 0) is 37.1 Å². The predicted octanol–water partition coefficient (Wildman–Crippen LogP) is 3.43. The van der Waals surface area contributed by atoms with Crippen molar-refractivity contribution in [1.82, 2.24) is 5.32 Å². The molecule has 0 fully saturated rings. The summed E-state index contributed by atoms with van der Waals surface area (Å²) in [6.45, 7) is 7.43. The minimum Gasteiger partial charge on any atom is -0.495 e. The molecule has 0 atom stereocenters. The molecule has 3 heteroatoms. The maximum Gasteiger partial charge on any atom is 0.142 e. The summed E-state index contributed by atoms with van der Waals surface area (Å²) in [6.07, 6.45) is 3.58. The molecular weight excluding hydrogens is 236 g/mol. The van der Waals surface area contributed by atoms with Gasteiger partial charge in [0.15, 0.2) is 0 Å². The molecular formula is C16H28N2O. The maximum absolute atomic E-state index is 5.52. The first-order chi connectivity index (χ1) is 9.22. The Bertz CT molecular complexity index is 366. The normalized spacial score (nSPS) is 10.5. The number of anilines is 1. The van der Waals surface area contributed by atoms with E-state index in [1.165, 1.54) is 24.1 Å². The van der Waals surface area contributed by atoms with Crippen molar-refractivity contribution in [1.29, 1.82) is 0 Å². The Kier molecular flexibility index (Phi) is 7.34. The number of rotatable bonds is 9. The first-order valence-electron chi connectivity index (χ1n) is 7.31. The van der Waals surface area contributed by atoms with Crippen molar-refractivity contribution in [3.05, 3.63) is 23.8 Å². The highest BCUT2D eigenvalue weighted by atomic mass is 16.5. The van der Waals surface area contributed by atoms with Crippen molar-refractivity contribution in [2.45, 2.75) is 39.7 Å². The molecule has 0 bridgehead atoms. The molecule has 3 nitrogen and oxygen atoms in total. The molecule has 0 heterocycles. The molecule has 0 saturated carbocycles. The van der Waals surface area contributed by atoms with Gasteiger partial charge in [-0.2, -0.15) is 0 Å². The van der Waals surface area contributed by atoms with Crippen LogP contribution in [0.3, 0.4) is 0 Å². The Balaban J connectivity index is 2.72. The van der Waals surface area contributed by atoms with E-state index in [1.807, 2.05) is 0 Å². The third-order valence-electron chi connectivity index (χ3n) is 3.26. The van der Waals surface area contributed by atoms with E-state index < -0.39 is 0 Å². The van der Waals surface area contributed by atoms with Gasteiger partial charge in [0.2, 0.25) is 0 Å². The molecule has 0 saturated heterocycles. The van der Waals surface area contributed by atoms with Crippen molar-refractivity contribution in [2.75, 3.05) is 32.1 Å². The van der Waals surface area contributed by atoms with E-state index in [0.29, 0.717) is 0 Å². The summed E-state index contributed by atoms with van der Waals surface area (Å²) < 4.78 is 5.52. The maximum atomic E-state index is 5.52. The Hall–Kier alpha value is -1.22. The second-order valence-corrected chi connectivity index (χ2v) is 4.96. The number of benzene rings is 1. The highest BCUT2D eigenvalue weighted by Gasteiger charge is 2.08. The third kappa shape index (κ3) is 5.11. The van der Waals surface area contributed by atoms with E-state index in [4.69, 9.17) is 4.74 Å². The van der Waals surface area contributed by atoms with Gasteiger partial charge in [-0.15, -0.1) is 0 Å². The molecule has 1 N–H and O–H groups in total. The van der Waals surface area contributed by atoms with Gasteiger partial charge < -0.3 is 15.0 Å². The molecule has 0 aliphatic heterocycles. The van der Waals surface area contributed by atoms with Crippen LogP contribution in [0.5, 0.6) is 5.75 Å². The molecule has 1 aromatic carbocycles. The Morgan fingerprint density at radius 1 is 1.21 bits per heavy atom. The van der Waals surface area contributed by atoms with Crippen LogP contribution in [-0.2, 0) is 6.54 Å². The van der Waals surface area contributed by atoms with Crippen LogP contribution >= 0.6 is 0 Å². The minimum absolute atomic E-state index is 0.906. The van der Waals surface area contributed by atoms with E-state index >= 15 is 0 Å². The molecule has 0 aliphatic carbocycles. The standard InChI is InChI=1S/C16H28N2O/c1-5-7-11-18(3)15-9-8-14(12-16(15)19-4)13-17-10-6-2/h8-9,12,17H,5-7,10-11,13H2,1-4H3. The van der Waals surface area contributed by atoms with Crippen molar-refractivity contribution in [2.24, 2.45) is 0 Å². The summed E-state index contributed by atoms with van der Waals surface area (Å²) in [5.41, 5.74) is 2.45. The number of nitrogens with one attached hydrogen (secondary N) is 1. The zero-order valence-corrected chi connectivity index (χ0v) is 12.8. The number of methoxy groups -OCH3 is 1. The van der Waals surface area contributed by atoms with Gasteiger partial charge in [0.1, 0.15) is 5.75 Å². The third-order valence-corrected chi connectivity index (χ3v) is 3.26. The van der Waals surface area contributed by atoms with Gasteiger partial charge in [-0.1, -0.05) is 26.3 Å². The van der Waals surface area contributed by atoms with Gasteiger partial charge in [0, 0.05) is 20.1 Å². The molecule has 1 rings (SSSR count). The van der Waals surface area contributed by atoms with Gasteiger partial charge in [-0.3, -0.25) is 0 Å². The fourth-order valence-electron chi connectivity index (χ4n) is 2.07. The average Bonchev–Trinajstić information content (AvgIpc) is 2.44. The minimum atomic E-state index is 0.906. The molecule has 0 spiro atoms. The summed E-state index contributed by atoms with van der Waals surface area (Å²) in [5, 5.41) is 3.42. The largest absolute Gasteiger partial charge is 0.495 e. The van der Waals surface area contributed by atoms with Crippen molar-refractivity contribution >= 4 is 5.69 Å². The smallest absolute Gasteiger partial charge is 0.142 e. The monoisotopic (exact) mass is 264 g/mol. The lowest BCUT2D eigenvalue weighted by molar-refractivity contribution is 0.414. The van der Waals surface area contributed by atoms with Gasteiger partial charge in [0.25, 0.3) is 0 Å². The van der Waals surface area contributed by atoms with Crippen LogP contribution in [0.1, 0.15) is 38.7 Å². The highest BCUT2D eigenvalue weighted by Crippen LogP contribution is 2.28. The number of hydrogen-bond donors (Lipinski definition) is 1. The Morgan fingerprint density at radius 2 is 2.00 bits per heavy atom. The lowest BCUT2D eigenvalue weighted by atomic mass is 10.1. The fourth-order valence-corrected chi connectivity index (χ4v) is 2.07. The van der Waals surface area contributed by atoms with Crippen molar-refractivity contribution < 1.29 is 4.74 Å². The summed E-state index contributed by atoms with van der Waals surface area (Å²) in [7, 11) is 3.87. The number of hydrogen-bond acceptors (Lipinski definition) is 3. The van der Waals surface area contributed by atoms with E-state index in [2.05, 4.69) is 49.3 Å². The Morgan fingerprint density at radius 3 is 2.63 bits per heavy atom. The van der Waals surface area contributed by atoms with Crippen LogP contribution in [-0.4, -0.2) is 27.2 Å². The predicted molar refractivity (Wildman–Crippen MR) is 83.2 cm³/mol. The van der Waals surface area contributed by atoms with Crippen LogP contribution < -0.4 is 15.0 Å². The summed E-state index contributed by atoms with van der Waals surface area (Å²) >= 11 is 0.